The molecule has 0 saturated carbocycles. The first kappa shape index (κ1) is 14.1. The van der Waals surface area contributed by atoms with Gasteiger partial charge in [0.15, 0.2) is 0 Å². The van der Waals surface area contributed by atoms with E-state index in [2.05, 4.69) is 27.3 Å². The Morgan fingerprint density at radius 2 is 1.74 bits per heavy atom. The predicted molar refractivity (Wildman–Crippen MR) is 80.8 cm³/mol. The van der Waals surface area contributed by atoms with Crippen molar-refractivity contribution in [3.05, 3.63) is 51.9 Å². The van der Waals surface area contributed by atoms with Gasteiger partial charge in [0.2, 0.25) is 0 Å². The number of hydrogen-bond donors (Lipinski definition) is 2. The van der Waals surface area contributed by atoms with Gasteiger partial charge in [-0.05, 0) is 65.1 Å². The molecule has 0 fully saturated rings. The maximum atomic E-state index is 13.0. The first-order valence-electron chi connectivity index (χ1n) is 5.22. The van der Waals surface area contributed by atoms with Crippen molar-refractivity contribution in [1.29, 1.82) is 0 Å². The molecule has 19 heavy (non-hydrogen) atoms. The van der Waals surface area contributed by atoms with Crippen LogP contribution in [0.4, 0.5) is 15.8 Å². The van der Waals surface area contributed by atoms with E-state index in [0.717, 1.165) is 9.64 Å². The van der Waals surface area contributed by atoms with Crippen molar-refractivity contribution in [2.24, 2.45) is 0 Å². The zero-order chi connectivity index (χ0) is 14.0. The van der Waals surface area contributed by atoms with Gasteiger partial charge >= 0.3 is 0 Å². The van der Waals surface area contributed by atoms with E-state index >= 15 is 0 Å². The molecule has 3 N–H and O–H groups in total. The Hall–Kier alpha value is -1.35. The molecule has 2 aromatic rings. The number of rotatable bonds is 3. The summed E-state index contributed by atoms with van der Waals surface area (Å²) in [6.07, 6.45) is 0. The molecule has 0 saturated heterocycles. The number of nitrogens with one attached hydrogen (secondary N) is 1. The molecule has 0 heterocycles. The molecule has 0 aliphatic heterocycles. The molecule has 4 nitrogen and oxygen atoms in total. The van der Waals surface area contributed by atoms with E-state index < -0.39 is 15.8 Å². The highest BCUT2D eigenvalue weighted by atomic mass is 127. The molecule has 0 aliphatic carbocycles. The average Bonchev–Trinajstić information content (AvgIpc) is 2.34. The molecule has 0 spiro atoms. The Labute approximate surface area is 124 Å². The van der Waals surface area contributed by atoms with Crippen molar-refractivity contribution in [3.8, 4) is 0 Å². The molecular weight excluding hydrogens is 382 g/mol. The number of benzene rings is 2. The van der Waals surface area contributed by atoms with Crippen LogP contribution >= 0.6 is 22.6 Å². The largest absolute Gasteiger partial charge is 0.396 e. The van der Waals surface area contributed by atoms with Crippen LogP contribution in [0.1, 0.15) is 0 Å². The molecule has 0 unspecified atom stereocenters. The summed E-state index contributed by atoms with van der Waals surface area (Å²) in [4.78, 5) is 0.135. The molecule has 0 atom stereocenters. The highest BCUT2D eigenvalue weighted by Gasteiger charge is 2.14. The van der Waals surface area contributed by atoms with Crippen LogP contribution in [0.25, 0.3) is 0 Å². The molecule has 2 aromatic carbocycles. The lowest BCUT2D eigenvalue weighted by Gasteiger charge is -2.09. The molecule has 100 valence electrons. The Kier molecular flexibility index (Phi) is 3.95. The van der Waals surface area contributed by atoms with Gasteiger partial charge in [-0.25, -0.2) is 12.8 Å². The lowest BCUT2D eigenvalue weighted by molar-refractivity contribution is 0.601. The van der Waals surface area contributed by atoms with Crippen LogP contribution in [0.15, 0.2) is 47.4 Å². The van der Waals surface area contributed by atoms with Gasteiger partial charge in [0.05, 0.1) is 16.3 Å². The topological polar surface area (TPSA) is 72.2 Å². The summed E-state index contributed by atoms with van der Waals surface area (Å²) in [6, 6.07) is 10.0. The SMILES string of the molecule is Nc1cc(NS(=O)(=O)c2ccc(I)cc2)ccc1F. The Bertz CT molecular complexity index is 702. The molecule has 0 aromatic heterocycles. The van der Waals surface area contributed by atoms with E-state index in [-0.39, 0.29) is 16.3 Å². The third-order valence-electron chi connectivity index (χ3n) is 2.37. The van der Waals surface area contributed by atoms with Gasteiger partial charge in [-0.3, -0.25) is 4.72 Å². The van der Waals surface area contributed by atoms with Gasteiger partial charge in [0, 0.05) is 3.57 Å². The molecule has 0 radical (unpaired) electrons. The predicted octanol–water partition coefficient (Wildman–Crippen LogP) is 2.81. The van der Waals surface area contributed by atoms with Crippen LogP contribution in [0.5, 0.6) is 0 Å². The Morgan fingerprint density at radius 1 is 1.11 bits per heavy atom. The van der Waals surface area contributed by atoms with E-state index in [9.17, 15) is 12.8 Å². The normalized spacial score (nSPS) is 11.3. The van der Waals surface area contributed by atoms with Crippen molar-refractivity contribution >= 4 is 44.0 Å². The Morgan fingerprint density at radius 3 is 2.32 bits per heavy atom. The second kappa shape index (κ2) is 5.33. The highest BCUT2D eigenvalue weighted by molar-refractivity contribution is 14.1. The van der Waals surface area contributed by atoms with Crippen molar-refractivity contribution in [2.75, 3.05) is 10.5 Å². The molecule has 0 aliphatic rings. The Balaban J connectivity index is 2.30. The molecule has 0 bridgehead atoms. The van der Waals surface area contributed by atoms with E-state index in [1.54, 1.807) is 12.1 Å². The van der Waals surface area contributed by atoms with Gasteiger partial charge in [-0.15, -0.1) is 0 Å². The third-order valence-corrected chi connectivity index (χ3v) is 4.49. The summed E-state index contributed by atoms with van der Waals surface area (Å²) in [5, 5.41) is 0. The minimum atomic E-state index is -3.69. The van der Waals surface area contributed by atoms with E-state index in [4.69, 9.17) is 5.73 Å². The van der Waals surface area contributed by atoms with Crippen molar-refractivity contribution < 1.29 is 12.8 Å². The molecule has 0 amide bonds. The number of nitrogen functional groups attached to an aromatic ring is 1. The van der Waals surface area contributed by atoms with Crippen LogP contribution in [0.3, 0.4) is 0 Å². The lowest BCUT2D eigenvalue weighted by Crippen LogP contribution is -2.13. The van der Waals surface area contributed by atoms with E-state index in [0.29, 0.717) is 0 Å². The fourth-order valence-electron chi connectivity index (χ4n) is 1.44. The van der Waals surface area contributed by atoms with Crippen molar-refractivity contribution in [2.45, 2.75) is 4.90 Å². The minimum Gasteiger partial charge on any atom is -0.396 e. The van der Waals surface area contributed by atoms with E-state index in [1.165, 1.54) is 24.3 Å². The summed E-state index contributed by atoms with van der Waals surface area (Å²) >= 11 is 2.08. The second-order valence-corrected chi connectivity index (χ2v) is 6.72. The highest BCUT2D eigenvalue weighted by Crippen LogP contribution is 2.20. The minimum absolute atomic E-state index is 0.109. The summed E-state index contributed by atoms with van der Waals surface area (Å²) in [5.74, 6) is -0.586. The van der Waals surface area contributed by atoms with Crippen LogP contribution in [-0.4, -0.2) is 8.42 Å². The standard InChI is InChI=1S/C12H10FIN2O2S/c13-11-6-3-9(7-12(11)15)16-19(17,18)10-4-1-8(14)2-5-10/h1-7,16H,15H2. The number of sulfonamides is 1. The van der Waals surface area contributed by atoms with Gasteiger partial charge in [-0.1, -0.05) is 0 Å². The first-order chi connectivity index (χ1) is 8.88. The monoisotopic (exact) mass is 392 g/mol. The van der Waals surface area contributed by atoms with Crippen LogP contribution < -0.4 is 10.5 Å². The summed E-state index contributed by atoms with van der Waals surface area (Å²) in [7, 11) is -3.69. The first-order valence-corrected chi connectivity index (χ1v) is 7.78. The van der Waals surface area contributed by atoms with Crippen molar-refractivity contribution in [3.63, 3.8) is 0 Å². The average molecular weight is 392 g/mol. The smallest absolute Gasteiger partial charge is 0.261 e. The van der Waals surface area contributed by atoms with Gasteiger partial charge in [0.25, 0.3) is 10.0 Å². The third kappa shape index (κ3) is 3.35. The molecule has 2 rings (SSSR count). The summed E-state index contributed by atoms with van der Waals surface area (Å²) in [6.45, 7) is 0. The number of nitrogens with two attached hydrogens (primary N) is 1. The zero-order valence-electron chi connectivity index (χ0n) is 9.60. The number of anilines is 2. The van der Waals surface area contributed by atoms with Crippen LogP contribution in [0.2, 0.25) is 0 Å². The van der Waals surface area contributed by atoms with Gasteiger partial charge in [0.1, 0.15) is 5.82 Å². The molecular formula is C12H10FIN2O2S. The fraction of sp³-hybridized carbons (Fsp3) is 0. The van der Waals surface area contributed by atoms with Crippen molar-refractivity contribution in [1.82, 2.24) is 0 Å². The zero-order valence-corrected chi connectivity index (χ0v) is 12.6. The van der Waals surface area contributed by atoms with Crippen LogP contribution in [-0.2, 0) is 10.0 Å². The fourth-order valence-corrected chi connectivity index (χ4v) is 2.84. The summed E-state index contributed by atoms with van der Waals surface area (Å²) < 4.78 is 40.4. The van der Waals surface area contributed by atoms with E-state index in [1.807, 2.05) is 0 Å². The van der Waals surface area contributed by atoms with Crippen LogP contribution in [0, 0.1) is 9.39 Å². The van der Waals surface area contributed by atoms with Gasteiger partial charge in [-0.2, -0.15) is 0 Å². The number of hydrogen-bond acceptors (Lipinski definition) is 3. The summed E-state index contributed by atoms with van der Waals surface area (Å²) in [5.41, 5.74) is 5.50. The quantitative estimate of drug-likeness (QED) is 0.624. The maximum absolute atomic E-state index is 13.0. The number of halogens is 2. The van der Waals surface area contributed by atoms with Gasteiger partial charge < -0.3 is 5.73 Å². The second-order valence-electron chi connectivity index (χ2n) is 3.80. The maximum Gasteiger partial charge on any atom is 0.261 e. The molecule has 7 heteroatoms. The lowest BCUT2D eigenvalue weighted by atomic mass is 10.3.